The van der Waals surface area contributed by atoms with Gasteiger partial charge in [-0.15, -0.1) is 0 Å². The van der Waals surface area contributed by atoms with Crippen molar-refractivity contribution in [2.45, 2.75) is 44.5 Å². The molecule has 118 valence electrons. The minimum atomic E-state index is -4.27. The maximum atomic E-state index is 12.6. The first-order valence-corrected chi connectivity index (χ1v) is 7.40. The minimum absolute atomic E-state index is 0.134. The van der Waals surface area contributed by atoms with Gasteiger partial charge in [0.25, 0.3) is 0 Å². The summed E-state index contributed by atoms with van der Waals surface area (Å²) in [6, 6.07) is 5.55. The summed E-state index contributed by atoms with van der Waals surface area (Å²) in [6.07, 6.45) is -1.10. The number of halogens is 3. The van der Waals surface area contributed by atoms with Gasteiger partial charge in [-0.2, -0.15) is 13.2 Å². The van der Waals surface area contributed by atoms with Crippen LogP contribution in [-0.4, -0.2) is 25.8 Å². The largest absolute Gasteiger partial charge is 0.416 e. The summed E-state index contributed by atoms with van der Waals surface area (Å²) < 4.78 is 43.5. The van der Waals surface area contributed by atoms with E-state index in [4.69, 9.17) is 4.74 Å². The Kier molecular flexibility index (Phi) is 5.27. The maximum absolute atomic E-state index is 12.6. The zero-order valence-corrected chi connectivity index (χ0v) is 12.4. The minimum Gasteiger partial charge on any atom is -0.377 e. The summed E-state index contributed by atoms with van der Waals surface area (Å²) in [7, 11) is 1.88. The van der Waals surface area contributed by atoms with Gasteiger partial charge < -0.3 is 10.1 Å². The van der Waals surface area contributed by atoms with Crippen LogP contribution in [0, 0.1) is 5.92 Å². The molecule has 1 aromatic rings. The van der Waals surface area contributed by atoms with Crippen LogP contribution >= 0.6 is 0 Å². The van der Waals surface area contributed by atoms with Gasteiger partial charge >= 0.3 is 6.18 Å². The van der Waals surface area contributed by atoms with E-state index in [9.17, 15) is 13.2 Å². The van der Waals surface area contributed by atoms with Crippen LogP contribution < -0.4 is 5.32 Å². The van der Waals surface area contributed by atoms with Gasteiger partial charge in [-0.3, -0.25) is 0 Å². The van der Waals surface area contributed by atoms with Crippen molar-refractivity contribution in [2.75, 3.05) is 13.7 Å². The average molecular weight is 301 g/mol. The first-order chi connectivity index (χ1) is 9.95. The Labute approximate surface area is 123 Å². The normalized spacial score (nSPS) is 18.5. The van der Waals surface area contributed by atoms with Crippen LogP contribution in [0.2, 0.25) is 0 Å². The van der Waals surface area contributed by atoms with Crippen molar-refractivity contribution in [3.8, 4) is 0 Å². The van der Waals surface area contributed by atoms with Crippen molar-refractivity contribution < 1.29 is 17.9 Å². The molecule has 5 heteroatoms. The van der Waals surface area contributed by atoms with Crippen LogP contribution in [-0.2, 0) is 17.3 Å². The van der Waals surface area contributed by atoms with Gasteiger partial charge in [0, 0.05) is 12.6 Å². The highest BCUT2D eigenvalue weighted by Crippen LogP contribution is 2.36. The average Bonchev–Trinajstić information content (AvgIpc) is 3.26. The fraction of sp³-hybridized carbons (Fsp3) is 0.625. The van der Waals surface area contributed by atoms with Crippen LogP contribution in [0.1, 0.15) is 30.9 Å². The van der Waals surface area contributed by atoms with Crippen LogP contribution in [0.25, 0.3) is 0 Å². The zero-order valence-electron chi connectivity index (χ0n) is 12.4. The quantitative estimate of drug-likeness (QED) is 0.830. The van der Waals surface area contributed by atoms with E-state index in [1.54, 1.807) is 12.1 Å². The Balaban J connectivity index is 2.03. The summed E-state index contributed by atoms with van der Waals surface area (Å²) >= 11 is 0. The van der Waals surface area contributed by atoms with E-state index in [0.29, 0.717) is 18.9 Å². The number of alkyl halides is 3. The smallest absolute Gasteiger partial charge is 0.377 e. The summed E-state index contributed by atoms with van der Waals surface area (Å²) in [5, 5.41) is 3.25. The lowest BCUT2D eigenvalue weighted by Gasteiger charge is -2.27. The van der Waals surface area contributed by atoms with Crippen molar-refractivity contribution in [2.24, 2.45) is 5.92 Å². The first-order valence-electron chi connectivity index (χ1n) is 7.40. The fourth-order valence-corrected chi connectivity index (χ4v) is 2.66. The van der Waals surface area contributed by atoms with Crippen molar-refractivity contribution in [3.63, 3.8) is 0 Å². The lowest BCUT2D eigenvalue weighted by atomic mass is 9.97. The number of hydrogen-bond acceptors (Lipinski definition) is 2. The predicted molar refractivity (Wildman–Crippen MR) is 76.1 cm³/mol. The summed E-state index contributed by atoms with van der Waals surface area (Å²) in [4.78, 5) is 0. The molecule has 0 aliphatic heterocycles. The molecule has 1 aliphatic rings. The second kappa shape index (κ2) is 6.79. The Bertz CT molecular complexity index is 440. The lowest BCUT2D eigenvalue weighted by Crippen LogP contribution is -2.42. The summed E-state index contributed by atoms with van der Waals surface area (Å²) in [5.41, 5.74) is 0.295. The fourth-order valence-electron chi connectivity index (χ4n) is 2.66. The standard InChI is InChI=1S/C16H22F3NO/c1-3-21-15(12-6-7-12)14(20-2)10-11-4-8-13(9-5-11)16(17,18)19/h4-5,8-9,12,14-15,20H,3,6-7,10H2,1-2H3. The van der Waals surface area contributed by atoms with E-state index in [0.717, 1.165) is 17.7 Å². The molecule has 2 rings (SSSR count). The van der Waals surface area contributed by atoms with Crippen LogP contribution in [0.15, 0.2) is 24.3 Å². The number of nitrogens with one attached hydrogen (secondary N) is 1. The van der Waals surface area contributed by atoms with E-state index >= 15 is 0 Å². The zero-order chi connectivity index (χ0) is 15.5. The molecule has 1 aliphatic carbocycles. The molecule has 0 amide bonds. The Morgan fingerprint density at radius 3 is 2.29 bits per heavy atom. The van der Waals surface area contributed by atoms with Gasteiger partial charge in [0.15, 0.2) is 0 Å². The molecule has 0 aromatic heterocycles. The third-order valence-corrected chi connectivity index (χ3v) is 3.95. The lowest BCUT2D eigenvalue weighted by molar-refractivity contribution is -0.137. The van der Waals surface area contributed by atoms with E-state index in [1.165, 1.54) is 12.8 Å². The molecule has 2 nitrogen and oxygen atoms in total. The van der Waals surface area contributed by atoms with Crippen molar-refractivity contribution in [3.05, 3.63) is 35.4 Å². The van der Waals surface area contributed by atoms with E-state index < -0.39 is 11.7 Å². The Morgan fingerprint density at radius 2 is 1.86 bits per heavy atom. The molecule has 0 radical (unpaired) electrons. The second-order valence-electron chi connectivity index (χ2n) is 5.55. The van der Waals surface area contributed by atoms with Crippen LogP contribution in [0.3, 0.4) is 0 Å². The third kappa shape index (κ3) is 4.45. The molecule has 2 atom stereocenters. The van der Waals surface area contributed by atoms with Crippen molar-refractivity contribution >= 4 is 0 Å². The summed E-state index contributed by atoms with van der Waals surface area (Å²) in [6.45, 7) is 2.63. The predicted octanol–water partition coefficient (Wildman–Crippen LogP) is 3.65. The highest BCUT2D eigenvalue weighted by molar-refractivity contribution is 5.25. The topological polar surface area (TPSA) is 21.3 Å². The van der Waals surface area contributed by atoms with Gasteiger partial charge in [-0.25, -0.2) is 0 Å². The maximum Gasteiger partial charge on any atom is 0.416 e. The number of benzene rings is 1. The number of ether oxygens (including phenoxy) is 1. The highest BCUT2D eigenvalue weighted by atomic mass is 19.4. The van der Waals surface area contributed by atoms with Gasteiger partial charge in [-0.05, 0) is 56.8 Å². The molecule has 0 bridgehead atoms. The monoisotopic (exact) mass is 301 g/mol. The first kappa shape index (κ1) is 16.3. The molecule has 0 spiro atoms. The molecule has 1 N–H and O–H groups in total. The van der Waals surface area contributed by atoms with E-state index in [-0.39, 0.29) is 12.1 Å². The molecule has 1 aromatic carbocycles. The van der Waals surface area contributed by atoms with Gasteiger partial charge in [-0.1, -0.05) is 12.1 Å². The highest BCUT2D eigenvalue weighted by Gasteiger charge is 2.36. The van der Waals surface area contributed by atoms with E-state index in [1.807, 2.05) is 14.0 Å². The van der Waals surface area contributed by atoms with Crippen molar-refractivity contribution in [1.29, 1.82) is 0 Å². The van der Waals surface area contributed by atoms with Gasteiger partial charge in [0.2, 0.25) is 0 Å². The molecule has 21 heavy (non-hydrogen) atoms. The molecular weight excluding hydrogens is 279 g/mol. The summed E-state index contributed by atoms with van der Waals surface area (Å²) in [5.74, 6) is 0.580. The molecular formula is C16H22F3NO. The third-order valence-electron chi connectivity index (χ3n) is 3.95. The molecule has 0 heterocycles. The van der Waals surface area contributed by atoms with E-state index in [2.05, 4.69) is 5.32 Å². The van der Waals surface area contributed by atoms with Crippen LogP contribution in [0.5, 0.6) is 0 Å². The Morgan fingerprint density at radius 1 is 1.24 bits per heavy atom. The molecule has 0 saturated heterocycles. The number of hydrogen-bond donors (Lipinski definition) is 1. The molecule has 1 saturated carbocycles. The second-order valence-corrected chi connectivity index (χ2v) is 5.55. The van der Waals surface area contributed by atoms with Crippen LogP contribution in [0.4, 0.5) is 13.2 Å². The van der Waals surface area contributed by atoms with Crippen molar-refractivity contribution in [1.82, 2.24) is 5.32 Å². The number of rotatable bonds is 7. The SMILES string of the molecule is CCOC(C1CC1)C(Cc1ccc(C(F)(F)F)cc1)NC. The number of likely N-dealkylation sites (N-methyl/N-ethyl adjacent to an activating group) is 1. The van der Waals surface area contributed by atoms with Gasteiger partial charge in [0.05, 0.1) is 11.7 Å². The Hall–Kier alpha value is -1.07. The molecule has 2 unspecified atom stereocenters. The van der Waals surface area contributed by atoms with Gasteiger partial charge in [0.1, 0.15) is 0 Å². The molecule has 1 fully saturated rings.